The van der Waals surface area contributed by atoms with E-state index < -0.39 is 10.0 Å². The van der Waals surface area contributed by atoms with E-state index in [1.807, 2.05) is 0 Å². The fraction of sp³-hybridized carbons (Fsp3) is 0.455. The molecule has 0 atom stereocenters. The van der Waals surface area contributed by atoms with Gasteiger partial charge in [-0.3, -0.25) is 0 Å². The van der Waals surface area contributed by atoms with Crippen molar-refractivity contribution in [3.63, 3.8) is 0 Å². The van der Waals surface area contributed by atoms with Crippen LogP contribution in [0.3, 0.4) is 0 Å². The molecule has 0 amide bonds. The van der Waals surface area contributed by atoms with Crippen molar-refractivity contribution in [3.8, 4) is 0 Å². The van der Waals surface area contributed by atoms with Crippen molar-refractivity contribution in [1.29, 1.82) is 0 Å². The van der Waals surface area contributed by atoms with Gasteiger partial charge in [0.05, 0.1) is 4.90 Å². The molecule has 17 heavy (non-hydrogen) atoms. The molecule has 1 aromatic rings. The molecule has 4 nitrogen and oxygen atoms in total. The molecule has 1 rings (SSSR count). The third-order valence-corrected chi connectivity index (χ3v) is 4.39. The van der Waals surface area contributed by atoms with Crippen molar-refractivity contribution in [2.75, 3.05) is 11.5 Å². The highest BCUT2D eigenvalue weighted by molar-refractivity contribution is 7.99. The molecule has 6 heteroatoms. The first-order valence-electron chi connectivity index (χ1n) is 5.50. The summed E-state index contributed by atoms with van der Waals surface area (Å²) in [4.78, 5) is 0.900. The van der Waals surface area contributed by atoms with Crippen LogP contribution in [0.1, 0.15) is 26.2 Å². The second-order valence-electron chi connectivity index (χ2n) is 3.80. The van der Waals surface area contributed by atoms with Crippen LogP contribution in [-0.2, 0) is 10.0 Å². The predicted octanol–water partition coefficient (Wildman–Crippen LogP) is 2.20. The minimum atomic E-state index is -3.65. The summed E-state index contributed by atoms with van der Waals surface area (Å²) in [5, 5.41) is 5.07. The van der Waals surface area contributed by atoms with Crippen molar-refractivity contribution in [2.45, 2.75) is 36.0 Å². The molecule has 0 spiro atoms. The molecule has 0 aliphatic rings. The maximum Gasteiger partial charge on any atom is 0.238 e. The Morgan fingerprint density at radius 2 is 2.00 bits per heavy atom. The fourth-order valence-corrected chi connectivity index (χ4v) is 2.98. The molecule has 0 aromatic heterocycles. The summed E-state index contributed by atoms with van der Waals surface area (Å²) in [5.41, 5.74) is 6.39. The minimum absolute atomic E-state index is 0.115. The molecule has 0 fully saturated rings. The number of hydrogen-bond acceptors (Lipinski definition) is 4. The predicted molar refractivity (Wildman–Crippen MR) is 72.5 cm³/mol. The summed E-state index contributed by atoms with van der Waals surface area (Å²) >= 11 is 1.57. The molecule has 96 valence electrons. The van der Waals surface area contributed by atoms with Crippen molar-refractivity contribution < 1.29 is 8.42 Å². The number of benzene rings is 1. The monoisotopic (exact) mass is 274 g/mol. The number of unbranched alkanes of at least 4 members (excludes halogenated alkanes) is 2. The molecule has 1 aromatic carbocycles. The van der Waals surface area contributed by atoms with E-state index in [0.29, 0.717) is 5.69 Å². The topological polar surface area (TPSA) is 86.2 Å². The number of anilines is 1. The van der Waals surface area contributed by atoms with E-state index in [1.165, 1.54) is 12.5 Å². The lowest BCUT2D eigenvalue weighted by atomic mass is 10.3. The van der Waals surface area contributed by atoms with Crippen molar-refractivity contribution in [1.82, 2.24) is 0 Å². The smallest absolute Gasteiger partial charge is 0.238 e. The highest BCUT2D eigenvalue weighted by atomic mass is 32.2. The van der Waals surface area contributed by atoms with Crippen molar-refractivity contribution in [2.24, 2.45) is 5.14 Å². The van der Waals surface area contributed by atoms with Gasteiger partial charge in [-0.15, -0.1) is 11.8 Å². The minimum Gasteiger partial charge on any atom is -0.398 e. The van der Waals surface area contributed by atoms with E-state index in [2.05, 4.69) is 6.92 Å². The lowest BCUT2D eigenvalue weighted by Gasteiger charge is -2.07. The van der Waals surface area contributed by atoms with Gasteiger partial charge in [-0.1, -0.05) is 19.8 Å². The van der Waals surface area contributed by atoms with E-state index in [0.717, 1.165) is 23.5 Å². The third kappa shape index (κ3) is 4.57. The Morgan fingerprint density at radius 3 is 2.59 bits per heavy atom. The first kappa shape index (κ1) is 14.3. The van der Waals surface area contributed by atoms with Crippen LogP contribution in [0.5, 0.6) is 0 Å². The molecule has 0 bridgehead atoms. The van der Waals surface area contributed by atoms with Gasteiger partial charge < -0.3 is 5.73 Å². The molecule has 0 saturated carbocycles. The number of hydrogen-bond donors (Lipinski definition) is 2. The number of thioether (sulfide) groups is 1. The molecule has 4 N–H and O–H groups in total. The molecular weight excluding hydrogens is 256 g/mol. The summed E-state index contributed by atoms with van der Waals surface area (Å²) in [6, 6.07) is 4.56. The Kier molecular flexibility index (Phi) is 5.30. The van der Waals surface area contributed by atoms with Gasteiger partial charge in [-0.2, -0.15) is 0 Å². The summed E-state index contributed by atoms with van der Waals surface area (Å²) in [7, 11) is -3.65. The number of nitrogens with two attached hydrogens (primary N) is 2. The first-order chi connectivity index (χ1) is 7.95. The number of nitrogen functional groups attached to an aromatic ring is 1. The van der Waals surface area contributed by atoms with E-state index in [9.17, 15) is 8.42 Å². The van der Waals surface area contributed by atoms with E-state index in [4.69, 9.17) is 10.9 Å². The lowest BCUT2D eigenvalue weighted by Crippen LogP contribution is -2.12. The number of primary sulfonamides is 1. The standard InChI is InChI=1S/C11H18N2O2S2/c1-2-3-4-7-16-11-8-9(17(13,14)15)5-6-10(11)12/h5-6,8H,2-4,7,12H2,1H3,(H2,13,14,15). The maximum absolute atomic E-state index is 11.2. The summed E-state index contributed by atoms with van der Waals surface area (Å²) in [5.74, 6) is 0.937. The second-order valence-corrected chi connectivity index (χ2v) is 6.50. The molecule has 0 heterocycles. The zero-order valence-corrected chi connectivity index (χ0v) is 11.5. The zero-order valence-electron chi connectivity index (χ0n) is 9.85. The Morgan fingerprint density at radius 1 is 1.29 bits per heavy atom. The van der Waals surface area contributed by atoms with Crippen molar-refractivity contribution >= 4 is 27.5 Å². The summed E-state index contributed by atoms with van der Waals surface area (Å²) < 4.78 is 22.4. The van der Waals surface area contributed by atoms with Gasteiger partial charge in [-0.25, -0.2) is 13.6 Å². The molecular formula is C11H18N2O2S2. The zero-order chi connectivity index (χ0) is 12.9. The average Bonchev–Trinajstić information content (AvgIpc) is 2.25. The van der Waals surface area contributed by atoms with Gasteiger partial charge in [0.25, 0.3) is 0 Å². The summed E-state index contributed by atoms with van der Waals surface area (Å²) in [6.45, 7) is 2.14. The largest absolute Gasteiger partial charge is 0.398 e. The SMILES string of the molecule is CCCCCSc1cc(S(N)(=O)=O)ccc1N. The Hall–Kier alpha value is -0.720. The third-order valence-electron chi connectivity index (χ3n) is 2.32. The molecule has 0 radical (unpaired) electrons. The number of rotatable bonds is 6. The summed E-state index contributed by atoms with van der Waals surface area (Å²) in [6.07, 6.45) is 3.43. The Labute approximate surface area is 107 Å². The van der Waals surface area contributed by atoms with Gasteiger partial charge in [0.2, 0.25) is 10.0 Å². The van der Waals surface area contributed by atoms with Crippen LogP contribution in [0.25, 0.3) is 0 Å². The maximum atomic E-state index is 11.2. The fourth-order valence-electron chi connectivity index (χ4n) is 1.35. The van der Waals surface area contributed by atoms with Crippen LogP contribution >= 0.6 is 11.8 Å². The second kappa shape index (κ2) is 6.28. The molecule has 0 unspecified atom stereocenters. The molecule has 0 aliphatic heterocycles. The van der Waals surface area contributed by atoms with E-state index in [1.54, 1.807) is 23.9 Å². The number of sulfonamides is 1. The van der Waals surface area contributed by atoms with Gasteiger partial charge in [0.1, 0.15) is 0 Å². The Bertz CT molecular complexity index is 472. The quantitative estimate of drug-likeness (QED) is 0.473. The first-order valence-corrected chi connectivity index (χ1v) is 8.03. The molecule has 0 aliphatic carbocycles. The van der Waals surface area contributed by atoms with Crippen molar-refractivity contribution in [3.05, 3.63) is 18.2 Å². The van der Waals surface area contributed by atoms with Crippen LogP contribution in [0.15, 0.2) is 28.0 Å². The Balaban J connectivity index is 2.77. The van der Waals surface area contributed by atoms with Crippen LogP contribution in [-0.4, -0.2) is 14.2 Å². The van der Waals surface area contributed by atoms with Crippen LogP contribution in [0.4, 0.5) is 5.69 Å². The molecule has 0 saturated heterocycles. The van der Waals surface area contributed by atoms with Crippen LogP contribution in [0, 0.1) is 0 Å². The van der Waals surface area contributed by atoms with Crippen LogP contribution in [0.2, 0.25) is 0 Å². The normalized spacial score (nSPS) is 11.6. The average molecular weight is 274 g/mol. The van der Waals surface area contributed by atoms with E-state index >= 15 is 0 Å². The highest BCUT2D eigenvalue weighted by Gasteiger charge is 2.10. The van der Waals surface area contributed by atoms with Gasteiger partial charge in [0, 0.05) is 10.6 Å². The van der Waals surface area contributed by atoms with Gasteiger partial charge in [0.15, 0.2) is 0 Å². The lowest BCUT2D eigenvalue weighted by molar-refractivity contribution is 0.597. The van der Waals surface area contributed by atoms with E-state index in [-0.39, 0.29) is 4.90 Å². The van der Waals surface area contributed by atoms with Gasteiger partial charge >= 0.3 is 0 Å². The van der Waals surface area contributed by atoms with Gasteiger partial charge in [-0.05, 0) is 30.4 Å². The van der Waals surface area contributed by atoms with Crippen LogP contribution < -0.4 is 10.9 Å². The highest BCUT2D eigenvalue weighted by Crippen LogP contribution is 2.28.